The summed E-state index contributed by atoms with van der Waals surface area (Å²) in [6.45, 7) is 0.257. The van der Waals surface area contributed by atoms with Crippen LogP contribution >= 0.6 is 11.6 Å². The van der Waals surface area contributed by atoms with Crippen LogP contribution in [0.15, 0.2) is 73.1 Å². The largest absolute Gasteiger partial charge is 0.486 e. The van der Waals surface area contributed by atoms with Gasteiger partial charge >= 0.3 is 0 Å². The van der Waals surface area contributed by atoms with E-state index in [1.807, 2.05) is 12.1 Å². The molecule has 180 valence electrons. The van der Waals surface area contributed by atoms with Crippen molar-refractivity contribution < 1.29 is 19.1 Å². The Morgan fingerprint density at radius 3 is 2.67 bits per heavy atom. The molecule has 1 aliphatic heterocycles. The Bertz CT molecular complexity index is 1480. The highest BCUT2D eigenvalue weighted by Crippen LogP contribution is 2.41. The number of halogens is 1. The number of nitrogens with zero attached hydrogens (tertiary/aromatic N) is 3. The van der Waals surface area contributed by atoms with Gasteiger partial charge in [0, 0.05) is 29.9 Å². The molecule has 2 aromatic heterocycles. The highest BCUT2D eigenvalue weighted by atomic mass is 35.5. The molecule has 36 heavy (non-hydrogen) atoms. The van der Waals surface area contributed by atoms with Crippen molar-refractivity contribution in [3.8, 4) is 22.8 Å². The maximum Gasteiger partial charge on any atom is 0.287 e. The molecule has 1 unspecified atom stereocenters. The van der Waals surface area contributed by atoms with E-state index >= 15 is 0 Å². The number of nitrogens with one attached hydrogen (secondary N) is 1. The predicted octanol–water partition coefficient (Wildman–Crippen LogP) is 2.88. The fraction of sp³-hybridized carbons (Fsp3) is 0.115. The van der Waals surface area contributed by atoms with Crippen molar-refractivity contribution in [2.75, 3.05) is 0 Å². The lowest BCUT2D eigenvalue weighted by Crippen LogP contribution is -2.47. The summed E-state index contributed by atoms with van der Waals surface area (Å²) in [5.74, 6) is -1.82. The molecule has 1 aliphatic rings. The minimum Gasteiger partial charge on any atom is -0.486 e. The van der Waals surface area contributed by atoms with E-state index in [1.54, 1.807) is 54.7 Å². The summed E-state index contributed by atoms with van der Waals surface area (Å²) < 4.78 is 7.29. The van der Waals surface area contributed by atoms with E-state index in [1.165, 1.54) is 10.9 Å². The van der Waals surface area contributed by atoms with Gasteiger partial charge in [0.15, 0.2) is 5.82 Å². The Kier molecular flexibility index (Phi) is 6.22. The predicted molar refractivity (Wildman–Crippen MR) is 132 cm³/mol. The van der Waals surface area contributed by atoms with Crippen molar-refractivity contribution >= 4 is 29.2 Å². The standard InChI is InChI=1S/C26H20ClN5O4/c27-19-10-4-8-17-21-16(14-36-23(17)19)13-32(31-21)25-18(9-5-11-29-25)26(35)30-20(22(33)24(28)34)12-15-6-2-1-3-7-15/h1-11,13,20H,12,14H2,(H2,28,34)(H,30,35). The number of Topliss-reactive ketones (excluding diaryl/α,β-unsaturated/α-hetero) is 1. The molecule has 0 radical (unpaired) electrons. The average molecular weight is 502 g/mol. The van der Waals surface area contributed by atoms with Crippen LogP contribution in [0.2, 0.25) is 5.02 Å². The van der Waals surface area contributed by atoms with Gasteiger partial charge in [-0.05, 0) is 29.8 Å². The third-order valence-electron chi connectivity index (χ3n) is 5.78. The SMILES string of the molecule is NC(=O)C(=O)C(Cc1ccccc1)NC(=O)c1cccnc1-n1cc2c(n1)-c1cccc(Cl)c1OC2. The van der Waals surface area contributed by atoms with Crippen LogP contribution in [0.1, 0.15) is 21.5 Å². The van der Waals surface area contributed by atoms with Crippen LogP contribution in [0.25, 0.3) is 17.1 Å². The lowest BCUT2D eigenvalue weighted by Gasteiger charge is -2.17. The topological polar surface area (TPSA) is 129 Å². The summed E-state index contributed by atoms with van der Waals surface area (Å²) in [5, 5.41) is 7.78. The fourth-order valence-electron chi connectivity index (χ4n) is 4.07. The number of rotatable bonds is 7. The van der Waals surface area contributed by atoms with Crippen LogP contribution in [-0.4, -0.2) is 38.4 Å². The molecule has 0 fully saturated rings. The first-order chi connectivity index (χ1) is 17.4. The van der Waals surface area contributed by atoms with E-state index in [-0.39, 0.29) is 24.4 Å². The lowest BCUT2D eigenvalue weighted by molar-refractivity contribution is -0.137. The number of fused-ring (bicyclic) bond motifs is 3. The Morgan fingerprint density at radius 1 is 1.08 bits per heavy atom. The number of hydrogen-bond donors (Lipinski definition) is 2. The molecule has 0 saturated heterocycles. The number of pyridine rings is 1. The van der Waals surface area contributed by atoms with Gasteiger partial charge in [-0.1, -0.05) is 48.0 Å². The molecule has 5 rings (SSSR count). The molecule has 9 nitrogen and oxygen atoms in total. The van der Waals surface area contributed by atoms with Gasteiger partial charge in [-0.25, -0.2) is 9.67 Å². The molecule has 0 saturated carbocycles. The van der Waals surface area contributed by atoms with Crippen molar-refractivity contribution in [1.29, 1.82) is 0 Å². The summed E-state index contributed by atoms with van der Waals surface area (Å²) in [6.07, 6.45) is 3.37. The van der Waals surface area contributed by atoms with Gasteiger partial charge in [-0.2, -0.15) is 5.10 Å². The summed E-state index contributed by atoms with van der Waals surface area (Å²) >= 11 is 6.27. The van der Waals surface area contributed by atoms with E-state index in [0.29, 0.717) is 16.5 Å². The summed E-state index contributed by atoms with van der Waals surface area (Å²) in [6, 6.07) is 16.4. The molecule has 2 amide bonds. The minimum absolute atomic E-state index is 0.106. The first-order valence-corrected chi connectivity index (χ1v) is 11.4. The van der Waals surface area contributed by atoms with E-state index in [2.05, 4.69) is 15.4 Å². The number of hydrogen-bond acceptors (Lipinski definition) is 6. The van der Waals surface area contributed by atoms with E-state index in [0.717, 1.165) is 16.7 Å². The molecule has 10 heteroatoms. The van der Waals surface area contributed by atoms with Gasteiger partial charge in [0.1, 0.15) is 24.1 Å². The summed E-state index contributed by atoms with van der Waals surface area (Å²) in [4.78, 5) is 41.8. The number of carbonyl (C=O) groups excluding carboxylic acids is 3. The third kappa shape index (κ3) is 4.44. The maximum absolute atomic E-state index is 13.3. The summed E-state index contributed by atoms with van der Waals surface area (Å²) in [5.41, 5.74) is 8.38. The molecular weight excluding hydrogens is 482 g/mol. The number of nitrogens with two attached hydrogens (primary N) is 1. The van der Waals surface area contributed by atoms with Gasteiger partial charge < -0.3 is 15.8 Å². The van der Waals surface area contributed by atoms with Crippen LogP contribution in [-0.2, 0) is 22.6 Å². The molecule has 2 aromatic carbocycles. The van der Waals surface area contributed by atoms with Crippen molar-refractivity contribution in [2.24, 2.45) is 5.73 Å². The minimum atomic E-state index is -1.14. The smallest absolute Gasteiger partial charge is 0.287 e. The summed E-state index contributed by atoms with van der Waals surface area (Å²) in [7, 11) is 0. The first kappa shape index (κ1) is 23.3. The number of benzene rings is 2. The van der Waals surface area contributed by atoms with Crippen LogP contribution in [0, 0.1) is 0 Å². The van der Waals surface area contributed by atoms with Crippen LogP contribution in [0.5, 0.6) is 5.75 Å². The maximum atomic E-state index is 13.3. The number of aromatic nitrogens is 3. The highest BCUT2D eigenvalue weighted by molar-refractivity contribution is 6.38. The van der Waals surface area contributed by atoms with Crippen molar-refractivity contribution in [1.82, 2.24) is 20.1 Å². The van der Waals surface area contributed by atoms with E-state index in [9.17, 15) is 14.4 Å². The molecular formula is C26H20ClN5O4. The molecule has 4 aromatic rings. The number of primary amides is 1. The molecule has 0 spiro atoms. The van der Waals surface area contributed by atoms with Gasteiger partial charge in [0.25, 0.3) is 11.8 Å². The Hall–Kier alpha value is -4.50. The van der Waals surface area contributed by atoms with E-state index < -0.39 is 23.6 Å². The van der Waals surface area contributed by atoms with Gasteiger partial charge in [0.05, 0.1) is 10.6 Å². The van der Waals surface area contributed by atoms with Gasteiger partial charge in [-0.3, -0.25) is 14.4 Å². The molecule has 0 aliphatic carbocycles. The molecule has 1 atom stereocenters. The number of para-hydroxylation sites is 1. The second kappa shape index (κ2) is 9.63. The zero-order chi connectivity index (χ0) is 25.2. The first-order valence-electron chi connectivity index (χ1n) is 11.1. The van der Waals surface area contributed by atoms with Crippen molar-refractivity contribution in [3.63, 3.8) is 0 Å². The Balaban J connectivity index is 1.47. The third-order valence-corrected chi connectivity index (χ3v) is 6.08. The van der Waals surface area contributed by atoms with Crippen LogP contribution in [0.3, 0.4) is 0 Å². The number of amides is 2. The van der Waals surface area contributed by atoms with E-state index in [4.69, 9.17) is 22.1 Å². The van der Waals surface area contributed by atoms with Gasteiger partial charge in [0.2, 0.25) is 5.78 Å². The second-order valence-electron chi connectivity index (χ2n) is 8.17. The van der Waals surface area contributed by atoms with Crippen molar-refractivity contribution in [3.05, 3.63) is 94.8 Å². The second-order valence-corrected chi connectivity index (χ2v) is 8.58. The lowest BCUT2D eigenvalue weighted by atomic mass is 10.0. The van der Waals surface area contributed by atoms with Gasteiger partial charge in [-0.15, -0.1) is 0 Å². The Labute approximate surface area is 210 Å². The number of ether oxygens (including phenoxy) is 1. The van der Waals surface area contributed by atoms with Crippen molar-refractivity contribution in [2.45, 2.75) is 19.1 Å². The zero-order valence-electron chi connectivity index (χ0n) is 18.8. The normalized spacial score (nSPS) is 12.6. The zero-order valence-corrected chi connectivity index (χ0v) is 19.6. The van der Waals surface area contributed by atoms with Crippen LogP contribution < -0.4 is 15.8 Å². The molecule has 3 heterocycles. The number of ketones is 1. The Morgan fingerprint density at radius 2 is 1.89 bits per heavy atom. The molecule has 0 bridgehead atoms. The number of carbonyl (C=O) groups is 3. The fourth-order valence-corrected chi connectivity index (χ4v) is 4.30. The monoisotopic (exact) mass is 501 g/mol. The quantitative estimate of drug-likeness (QED) is 0.375. The van der Waals surface area contributed by atoms with Crippen LogP contribution in [0.4, 0.5) is 0 Å². The average Bonchev–Trinajstić information content (AvgIpc) is 3.33. The highest BCUT2D eigenvalue weighted by Gasteiger charge is 2.28. The molecule has 3 N–H and O–H groups in total.